The molecule has 108 valence electrons. The molecule has 1 fully saturated rings. The number of hydrogen-bond donors (Lipinski definition) is 1. The highest BCUT2D eigenvalue weighted by Crippen LogP contribution is 2.32. The maximum atomic E-state index is 13.7. The van der Waals surface area contributed by atoms with Crippen LogP contribution in [0.5, 0.6) is 5.75 Å². The summed E-state index contributed by atoms with van der Waals surface area (Å²) in [6, 6.07) is 1.46. The minimum absolute atomic E-state index is 0.0403. The van der Waals surface area contributed by atoms with Crippen LogP contribution in [0.4, 0.5) is 14.5 Å². The molecule has 4 nitrogen and oxygen atoms in total. The molecule has 1 N–H and O–H groups in total. The molecule has 20 heavy (non-hydrogen) atoms. The molecule has 0 aliphatic carbocycles. The Labute approximate surface area is 118 Å². The second kappa shape index (κ2) is 5.78. The van der Waals surface area contributed by atoms with Crippen LogP contribution in [-0.2, 0) is 9.59 Å². The van der Waals surface area contributed by atoms with Gasteiger partial charge >= 0.3 is 0 Å². The van der Waals surface area contributed by atoms with Crippen molar-refractivity contribution in [2.45, 2.75) is 13.3 Å². The summed E-state index contributed by atoms with van der Waals surface area (Å²) in [5.41, 5.74) is -0.135. The number of phenolic OH excluding ortho intramolecular Hbond substituents is 1. The van der Waals surface area contributed by atoms with E-state index in [0.717, 1.165) is 17.8 Å². The Morgan fingerprint density at radius 1 is 1.45 bits per heavy atom. The second-order valence-corrected chi connectivity index (χ2v) is 5.83. The van der Waals surface area contributed by atoms with Crippen LogP contribution in [-0.4, -0.2) is 28.4 Å². The molecule has 1 amide bonds. The Balaban J connectivity index is 2.16. The normalized spacial score (nSPS) is 18.6. The number of hydrogen-bond acceptors (Lipinski definition) is 4. The third-order valence-corrected chi connectivity index (χ3v) is 4.08. The van der Waals surface area contributed by atoms with Gasteiger partial charge in [0, 0.05) is 37.8 Å². The molecule has 0 bridgehead atoms. The van der Waals surface area contributed by atoms with Gasteiger partial charge in [-0.3, -0.25) is 9.59 Å². The average molecular weight is 301 g/mol. The van der Waals surface area contributed by atoms with Crippen LogP contribution >= 0.6 is 11.8 Å². The monoisotopic (exact) mass is 301 g/mol. The van der Waals surface area contributed by atoms with Gasteiger partial charge in [0.05, 0.1) is 5.69 Å². The number of phenols is 1. The molecule has 1 aromatic carbocycles. The van der Waals surface area contributed by atoms with E-state index >= 15 is 0 Å². The van der Waals surface area contributed by atoms with E-state index in [2.05, 4.69) is 0 Å². The van der Waals surface area contributed by atoms with Gasteiger partial charge in [0.2, 0.25) is 5.91 Å². The van der Waals surface area contributed by atoms with Gasteiger partial charge in [0.15, 0.2) is 16.7 Å². The van der Waals surface area contributed by atoms with Crippen molar-refractivity contribution >= 4 is 28.5 Å². The molecule has 2 rings (SSSR count). The Morgan fingerprint density at radius 3 is 2.80 bits per heavy atom. The zero-order valence-electron chi connectivity index (χ0n) is 10.7. The molecule has 1 saturated heterocycles. The van der Waals surface area contributed by atoms with E-state index in [1.54, 1.807) is 0 Å². The van der Waals surface area contributed by atoms with E-state index < -0.39 is 17.4 Å². The van der Waals surface area contributed by atoms with Gasteiger partial charge < -0.3 is 10.0 Å². The molecule has 1 aliphatic heterocycles. The Bertz CT molecular complexity index is 565. The zero-order chi connectivity index (χ0) is 14.9. The average Bonchev–Trinajstić information content (AvgIpc) is 2.72. The number of halogens is 2. The van der Waals surface area contributed by atoms with Gasteiger partial charge in [-0.25, -0.2) is 8.78 Å². The number of anilines is 1. The molecule has 0 aromatic heterocycles. The minimum atomic E-state index is -1.07. The second-order valence-electron chi connectivity index (χ2n) is 4.63. The summed E-state index contributed by atoms with van der Waals surface area (Å²) >= 11 is 1.12. The van der Waals surface area contributed by atoms with Crippen molar-refractivity contribution in [1.82, 2.24) is 0 Å². The molecule has 0 radical (unpaired) electrons. The number of carbonyl (C=O) groups is 2. The smallest absolute Gasteiger partial charge is 0.227 e. The van der Waals surface area contributed by atoms with Crippen molar-refractivity contribution in [3.8, 4) is 5.75 Å². The first-order chi connectivity index (χ1) is 9.38. The molecule has 0 saturated carbocycles. The predicted octanol–water partition coefficient (Wildman–Crippen LogP) is 2.30. The molecular formula is C13H13F2NO3S. The number of carbonyl (C=O) groups excluding carboxylic acids is 2. The first-order valence-corrected chi connectivity index (χ1v) is 6.98. The highest BCUT2D eigenvalue weighted by Gasteiger charge is 2.32. The maximum Gasteiger partial charge on any atom is 0.227 e. The summed E-state index contributed by atoms with van der Waals surface area (Å²) in [6.07, 6.45) is 0.206. The third kappa shape index (κ3) is 3.09. The van der Waals surface area contributed by atoms with Crippen molar-refractivity contribution in [2.75, 3.05) is 17.2 Å². The van der Waals surface area contributed by atoms with Crippen LogP contribution in [0.25, 0.3) is 0 Å². The number of amides is 1. The fourth-order valence-corrected chi connectivity index (χ4v) is 2.79. The van der Waals surface area contributed by atoms with E-state index in [-0.39, 0.29) is 35.6 Å². The Kier molecular flexibility index (Phi) is 4.27. The predicted molar refractivity (Wildman–Crippen MR) is 71.6 cm³/mol. The molecule has 1 aliphatic rings. The fourth-order valence-electron chi connectivity index (χ4n) is 2.09. The van der Waals surface area contributed by atoms with Crippen LogP contribution in [0.1, 0.15) is 13.3 Å². The van der Waals surface area contributed by atoms with Crippen LogP contribution in [0.2, 0.25) is 0 Å². The zero-order valence-corrected chi connectivity index (χ0v) is 11.5. The lowest BCUT2D eigenvalue weighted by molar-refractivity contribution is -0.117. The van der Waals surface area contributed by atoms with Gasteiger partial charge in [-0.15, -0.1) is 0 Å². The van der Waals surface area contributed by atoms with Gasteiger partial charge in [0.1, 0.15) is 5.82 Å². The standard InChI is InChI=1S/C13H13F2NO3S/c1-7(17)20-6-8-2-13(19)16(5-8)11-4-12(18)10(15)3-9(11)14/h3-4,8,18H,2,5-6H2,1H3. The summed E-state index contributed by atoms with van der Waals surface area (Å²) in [6.45, 7) is 1.69. The molecule has 1 unspecified atom stereocenters. The quantitative estimate of drug-likeness (QED) is 0.930. The van der Waals surface area contributed by atoms with Gasteiger partial charge in [0.25, 0.3) is 0 Å². The number of rotatable bonds is 3. The van der Waals surface area contributed by atoms with Crippen molar-refractivity contribution in [3.63, 3.8) is 0 Å². The highest BCUT2D eigenvalue weighted by atomic mass is 32.2. The molecule has 7 heteroatoms. The molecule has 0 spiro atoms. The molecule has 1 heterocycles. The topological polar surface area (TPSA) is 57.6 Å². The number of benzene rings is 1. The summed E-state index contributed by atoms with van der Waals surface area (Å²) in [4.78, 5) is 23.9. The highest BCUT2D eigenvalue weighted by molar-refractivity contribution is 8.13. The minimum Gasteiger partial charge on any atom is -0.505 e. The van der Waals surface area contributed by atoms with Gasteiger partial charge in [-0.05, 0) is 5.92 Å². The molecular weight excluding hydrogens is 288 g/mol. The fraction of sp³-hybridized carbons (Fsp3) is 0.385. The van der Waals surface area contributed by atoms with Gasteiger partial charge in [-0.1, -0.05) is 11.8 Å². The summed E-state index contributed by atoms with van der Waals surface area (Å²) in [5, 5.41) is 9.24. The summed E-state index contributed by atoms with van der Waals surface area (Å²) in [7, 11) is 0. The number of aromatic hydroxyl groups is 1. The maximum absolute atomic E-state index is 13.7. The third-order valence-electron chi connectivity index (χ3n) is 3.03. The lowest BCUT2D eigenvalue weighted by atomic mass is 10.1. The molecule has 1 atom stereocenters. The van der Waals surface area contributed by atoms with Crippen LogP contribution in [0, 0.1) is 17.6 Å². The first kappa shape index (κ1) is 14.8. The number of thioether (sulfide) groups is 1. The van der Waals surface area contributed by atoms with E-state index in [0.29, 0.717) is 11.8 Å². The number of nitrogens with zero attached hydrogens (tertiary/aromatic N) is 1. The van der Waals surface area contributed by atoms with Crippen molar-refractivity contribution < 1.29 is 23.5 Å². The van der Waals surface area contributed by atoms with Crippen LogP contribution in [0.3, 0.4) is 0 Å². The Hall–Kier alpha value is -1.63. The van der Waals surface area contributed by atoms with Crippen LogP contribution < -0.4 is 4.90 Å². The van der Waals surface area contributed by atoms with Crippen molar-refractivity contribution in [2.24, 2.45) is 5.92 Å². The first-order valence-electron chi connectivity index (χ1n) is 6.00. The summed E-state index contributed by atoms with van der Waals surface area (Å²) < 4.78 is 26.7. The van der Waals surface area contributed by atoms with E-state index in [1.165, 1.54) is 11.8 Å². The Morgan fingerprint density at radius 2 is 2.15 bits per heavy atom. The summed E-state index contributed by atoms with van der Waals surface area (Å²) in [5.74, 6) is -2.55. The van der Waals surface area contributed by atoms with Gasteiger partial charge in [-0.2, -0.15) is 0 Å². The van der Waals surface area contributed by atoms with Crippen molar-refractivity contribution in [1.29, 1.82) is 0 Å². The SMILES string of the molecule is CC(=O)SCC1CC(=O)N(c2cc(O)c(F)cc2F)C1. The van der Waals surface area contributed by atoms with Crippen molar-refractivity contribution in [3.05, 3.63) is 23.8 Å². The molecule has 1 aromatic rings. The largest absolute Gasteiger partial charge is 0.505 e. The van der Waals surface area contributed by atoms with E-state index in [9.17, 15) is 23.5 Å². The van der Waals surface area contributed by atoms with E-state index in [4.69, 9.17) is 0 Å². The van der Waals surface area contributed by atoms with E-state index in [1.807, 2.05) is 0 Å². The lowest BCUT2D eigenvalue weighted by Crippen LogP contribution is -2.25. The lowest BCUT2D eigenvalue weighted by Gasteiger charge is -2.17. The van der Waals surface area contributed by atoms with Crippen LogP contribution in [0.15, 0.2) is 12.1 Å².